The minimum absolute atomic E-state index is 0.799. The van der Waals surface area contributed by atoms with Crippen molar-refractivity contribution in [3.05, 3.63) is 58.6 Å². The van der Waals surface area contributed by atoms with E-state index in [2.05, 4.69) is 27.3 Å². The highest BCUT2D eigenvalue weighted by Gasteiger charge is 1.98. The first-order valence-corrected chi connectivity index (χ1v) is 6.20. The minimum Gasteiger partial charge on any atom is -0.497 e. The zero-order valence-corrected chi connectivity index (χ0v) is 11.2. The monoisotopic (exact) mass is 291 g/mol. The minimum atomic E-state index is 0.799. The summed E-state index contributed by atoms with van der Waals surface area (Å²) in [6, 6.07) is 16.1. The molecule has 0 atom stereocenters. The van der Waals surface area contributed by atoms with Crippen LogP contribution in [-0.4, -0.2) is 7.11 Å². The fourth-order valence-corrected chi connectivity index (χ4v) is 1.97. The van der Waals surface area contributed by atoms with Crippen molar-refractivity contribution in [2.45, 2.75) is 6.54 Å². The fourth-order valence-electron chi connectivity index (χ4n) is 1.55. The van der Waals surface area contributed by atoms with Crippen LogP contribution in [0.25, 0.3) is 0 Å². The standard InChI is InChI=1S/C14H14BrNO/c1-17-13-8-6-12(7-9-13)16-10-11-4-2-3-5-14(11)15/h2-9,16H,10H2,1H3. The Labute approximate surface area is 110 Å². The van der Waals surface area contributed by atoms with Crippen LogP contribution in [-0.2, 0) is 6.54 Å². The van der Waals surface area contributed by atoms with Crippen molar-refractivity contribution in [2.75, 3.05) is 12.4 Å². The Morgan fingerprint density at radius 2 is 1.76 bits per heavy atom. The second-order valence-electron chi connectivity index (χ2n) is 3.67. The van der Waals surface area contributed by atoms with E-state index < -0.39 is 0 Å². The number of methoxy groups -OCH3 is 1. The number of hydrogen-bond acceptors (Lipinski definition) is 2. The van der Waals surface area contributed by atoms with Crippen LogP contribution < -0.4 is 10.1 Å². The fraction of sp³-hybridized carbons (Fsp3) is 0.143. The van der Waals surface area contributed by atoms with Gasteiger partial charge in [-0.3, -0.25) is 0 Å². The topological polar surface area (TPSA) is 21.3 Å². The number of ether oxygens (including phenoxy) is 1. The molecule has 0 unspecified atom stereocenters. The maximum absolute atomic E-state index is 5.12. The molecule has 0 heterocycles. The summed E-state index contributed by atoms with van der Waals surface area (Å²) in [5.41, 5.74) is 2.32. The van der Waals surface area contributed by atoms with E-state index in [1.807, 2.05) is 42.5 Å². The van der Waals surface area contributed by atoms with Gasteiger partial charge in [0.2, 0.25) is 0 Å². The third-order valence-corrected chi connectivity index (χ3v) is 3.30. The lowest BCUT2D eigenvalue weighted by Gasteiger charge is -2.08. The van der Waals surface area contributed by atoms with Gasteiger partial charge in [-0.15, -0.1) is 0 Å². The summed E-state index contributed by atoms with van der Waals surface area (Å²) in [5, 5.41) is 3.37. The SMILES string of the molecule is COc1ccc(NCc2ccccc2Br)cc1. The van der Waals surface area contributed by atoms with E-state index in [0.29, 0.717) is 0 Å². The van der Waals surface area contributed by atoms with E-state index in [0.717, 1.165) is 22.5 Å². The average molecular weight is 292 g/mol. The smallest absolute Gasteiger partial charge is 0.119 e. The predicted octanol–water partition coefficient (Wildman–Crippen LogP) is 4.07. The lowest BCUT2D eigenvalue weighted by molar-refractivity contribution is 0.415. The molecule has 0 bridgehead atoms. The molecule has 0 radical (unpaired) electrons. The van der Waals surface area contributed by atoms with E-state index in [9.17, 15) is 0 Å². The lowest BCUT2D eigenvalue weighted by Crippen LogP contribution is -1.99. The Kier molecular flexibility index (Phi) is 4.04. The molecule has 0 aliphatic heterocycles. The van der Waals surface area contributed by atoms with E-state index >= 15 is 0 Å². The maximum atomic E-state index is 5.12. The summed E-state index contributed by atoms with van der Waals surface area (Å²) in [7, 11) is 1.67. The van der Waals surface area contributed by atoms with Crippen LogP contribution in [0.1, 0.15) is 5.56 Å². The molecule has 0 aliphatic carbocycles. The molecule has 0 aliphatic rings. The molecule has 0 spiro atoms. The molecular weight excluding hydrogens is 278 g/mol. The highest BCUT2D eigenvalue weighted by Crippen LogP contribution is 2.19. The molecule has 0 saturated carbocycles. The normalized spacial score (nSPS) is 10.0. The Morgan fingerprint density at radius 1 is 1.06 bits per heavy atom. The number of rotatable bonds is 4. The number of benzene rings is 2. The first kappa shape index (κ1) is 12.0. The van der Waals surface area contributed by atoms with Crippen LogP contribution in [0, 0.1) is 0 Å². The van der Waals surface area contributed by atoms with Gasteiger partial charge in [0.15, 0.2) is 0 Å². The molecule has 0 aromatic heterocycles. The Balaban J connectivity index is 2.00. The molecule has 0 amide bonds. The lowest BCUT2D eigenvalue weighted by atomic mass is 10.2. The van der Waals surface area contributed by atoms with Gasteiger partial charge in [-0.2, -0.15) is 0 Å². The third kappa shape index (κ3) is 3.24. The molecule has 3 heteroatoms. The summed E-state index contributed by atoms with van der Waals surface area (Å²) < 4.78 is 6.24. The van der Waals surface area contributed by atoms with Gasteiger partial charge in [-0.25, -0.2) is 0 Å². The molecule has 2 nitrogen and oxygen atoms in total. The molecule has 0 fully saturated rings. The maximum Gasteiger partial charge on any atom is 0.119 e. The summed E-state index contributed by atoms with van der Waals surface area (Å²) in [5.74, 6) is 0.872. The second-order valence-corrected chi connectivity index (χ2v) is 4.53. The van der Waals surface area contributed by atoms with Crippen molar-refractivity contribution < 1.29 is 4.74 Å². The number of halogens is 1. The Morgan fingerprint density at radius 3 is 2.41 bits per heavy atom. The predicted molar refractivity (Wildman–Crippen MR) is 74.5 cm³/mol. The van der Waals surface area contributed by atoms with Crippen LogP contribution in [0.4, 0.5) is 5.69 Å². The molecule has 2 rings (SSSR count). The molecule has 88 valence electrons. The number of nitrogens with one attached hydrogen (secondary N) is 1. The highest BCUT2D eigenvalue weighted by molar-refractivity contribution is 9.10. The first-order chi connectivity index (χ1) is 8.29. The highest BCUT2D eigenvalue weighted by atomic mass is 79.9. The molecule has 17 heavy (non-hydrogen) atoms. The number of hydrogen-bond donors (Lipinski definition) is 1. The summed E-state index contributed by atoms with van der Waals surface area (Å²) in [6.45, 7) is 0.799. The molecule has 0 saturated heterocycles. The van der Waals surface area contributed by atoms with Crippen molar-refractivity contribution in [3.8, 4) is 5.75 Å². The van der Waals surface area contributed by atoms with Crippen molar-refractivity contribution in [2.24, 2.45) is 0 Å². The van der Waals surface area contributed by atoms with Gasteiger partial charge in [-0.05, 0) is 35.9 Å². The van der Waals surface area contributed by atoms with Gasteiger partial charge in [0.05, 0.1) is 7.11 Å². The molecular formula is C14H14BrNO. The zero-order chi connectivity index (χ0) is 12.1. The van der Waals surface area contributed by atoms with E-state index in [-0.39, 0.29) is 0 Å². The van der Waals surface area contributed by atoms with Crippen molar-refractivity contribution in [3.63, 3.8) is 0 Å². The quantitative estimate of drug-likeness (QED) is 0.917. The summed E-state index contributed by atoms with van der Waals surface area (Å²) in [6.07, 6.45) is 0. The van der Waals surface area contributed by atoms with Crippen LogP contribution in [0.5, 0.6) is 5.75 Å². The van der Waals surface area contributed by atoms with Crippen molar-refractivity contribution >= 4 is 21.6 Å². The van der Waals surface area contributed by atoms with Crippen LogP contribution in [0.3, 0.4) is 0 Å². The van der Waals surface area contributed by atoms with Crippen molar-refractivity contribution in [1.29, 1.82) is 0 Å². The van der Waals surface area contributed by atoms with E-state index in [1.165, 1.54) is 5.56 Å². The van der Waals surface area contributed by atoms with Gasteiger partial charge in [-0.1, -0.05) is 34.1 Å². The average Bonchev–Trinajstić information content (AvgIpc) is 2.38. The van der Waals surface area contributed by atoms with Crippen molar-refractivity contribution in [1.82, 2.24) is 0 Å². The molecule has 1 N–H and O–H groups in total. The van der Waals surface area contributed by atoms with Gasteiger partial charge >= 0.3 is 0 Å². The van der Waals surface area contributed by atoms with Gasteiger partial charge < -0.3 is 10.1 Å². The third-order valence-electron chi connectivity index (χ3n) is 2.53. The van der Waals surface area contributed by atoms with E-state index in [1.54, 1.807) is 7.11 Å². The van der Waals surface area contributed by atoms with Crippen LogP contribution in [0.15, 0.2) is 53.0 Å². The Bertz CT molecular complexity index is 482. The van der Waals surface area contributed by atoms with Gasteiger partial charge in [0.1, 0.15) is 5.75 Å². The first-order valence-electron chi connectivity index (χ1n) is 5.41. The zero-order valence-electron chi connectivity index (χ0n) is 9.61. The van der Waals surface area contributed by atoms with Gasteiger partial charge in [0.25, 0.3) is 0 Å². The second kappa shape index (κ2) is 5.73. The molecule has 2 aromatic carbocycles. The van der Waals surface area contributed by atoms with Crippen LogP contribution >= 0.6 is 15.9 Å². The van der Waals surface area contributed by atoms with Crippen LogP contribution in [0.2, 0.25) is 0 Å². The summed E-state index contributed by atoms with van der Waals surface area (Å²) >= 11 is 3.53. The van der Waals surface area contributed by atoms with E-state index in [4.69, 9.17) is 4.74 Å². The summed E-state index contributed by atoms with van der Waals surface area (Å²) in [4.78, 5) is 0. The van der Waals surface area contributed by atoms with Gasteiger partial charge in [0, 0.05) is 16.7 Å². The number of anilines is 1. The largest absolute Gasteiger partial charge is 0.497 e. The Hall–Kier alpha value is -1.48. The molecule has 2 aromatic rings.